The molecular formula is C24H26ClN3O3S. The molecule has 1 N–H and O–H groups in total. The molecule has 0 bridgehead atoms. The molecule has 2 aromatic carbocycles. The fourth-order valence-electron chi connectivity index (χ4n) is 3.17. The maximum atomic E-state index is 13.2. The third-order valence-electron chi connectivity index (χ3n) is 4.76. The van der Waals surface area contributed by atoms with Crippen LogP contribution in [0.4, 0.5) is 0 Å². The molecule has 32 heavy (non-hydrogen) atoms. The molecule has 0 saturated carbocycles. The third kappa shape index (κ3) is 5.78. The fraction of sp³-hybridized carbons (Fsp3) is 0.333. The molecule has 1 aromatic heterocycles. The number of carbonyl (C=O) groups excluding carboxylic acids is 2. The number of thioether (sulfide) groups is 1. The lowest BCUT2D eigenvalue weighted by Gasteiger charge is -2.15. The minimum Gasteiger partial charge on any atom is -0.352 e. The second kappa shape index (κ2) is 10.8. The van der Waals surface area contributed by atoms with Crippen molar-refractivity contribution in [1.82, 2.24) is 14.9 Å². The number of Topliss-reactive ketones (excluding diaryl/α,β-unsaturated/α-hetero) is 1. The predicted molar refractivity (Wildman–Crippen MR) is 130 cm³/mol. The van der Waals surface area contributed by atoms with Crippen LogP contribution in [0.15, 0.2) is 52.4 Å². The van der Waals surface area contributed by atoms with Crippen molar-refractivity contribution in [3.05, 3.63) is 69.0 Å². The summed E-state index contributed by atoms with van der Waals surface area (Å²) in [6, 6.07) is 11.6. The van der Waals surface area contributed by atoms with Gasteiger partial charge in [0.2, 0.25) is 0 Å². The highest BCUT2D eigenvalue weighted by molar-refractivity contribution is 7.99. The van der Waals surface area contributed by atoms with E-state index in [9.17, 15) is 14.4 Å². The number of aromatic nitrogens is 2. The SMILES string of the molecule is CCCNC(=O)c1ccc2c(=O)n(CC(C)C)c(SCC(=O)c3ccc(Cl)cc3)nc2c1. The molecule has 0 atom stereocenters. The van der Waals surface area contributed by atoms with Gasteiger partial charge < -0.3 is 5.32 Å². The van der Waals surface area contributed by atoms with Gasteiger partial charge in [-0.2, -0.15) is 0 Å². The van der Waals surface area contributed by atoms with Crippen LogP contribution in [0.5, 0.6) is 0 Å². The highest BCUT2D eigenvalue weighted by Gasteiger charge is 2.16. The van der Waals surface area contributed by atoms with Crippen LogP contribution in [0.25, 0.3) is 10.9 Å². The zero-order chi connectivity index (χ0) is 23.3. The predicted octanol–water partition coefficient (Wildman–Crippen LogP) is 4.82. The minimum absolute atomic E-state index is 0.0789. The lowest BCUT2D eigenvalue weighted by molar-refractivity contribution is 0.0953. The van der Waals surface area contributed by atoms with E-state index in [1.165, 1.54) is 11.8 Å². The van der Waals surface area contributed by atoms with Gasteiger partial charge in [-0.3, -0.25) is 19.0 Å². The summed E-state index contributed by atoms with van der Waals surface area (Å²) in [5.74, 6) is 0.0742. The van der Waals surface area contributed by atoms with E-state index < -0.39 is 0 Å². The second-order valence-corrected chi connectivity index (χ2v) is 9.29. The van der Waals surface area contributed by atoms with E-state index in [0.29, 0.717) is 45.3 Å². The number of rotatable bonds is 9. The quantitative estimate of drug-likeness (QED) is 0.275. The first kappa shape index (κ1) is 24.0. The maximum absolute atomic E-state index is 13.2. The van der Waals surface area contributed by atoms with Crippen molar-refractivity contribution in [3.63, 3.8) is 0 Å². The van der Waals surface area contributed by atoms with E-state index in [2.05, 4.69) is 10.3 Å². The highest BCUT2D eigenvalue weighted by Crippen LogP contribution is 2.21. The van der Waals surface area contributed by atoms with E-state index in [-0.39, 0.29) is 28.9 Å². The van der Waals surface area contributed by atoms with Gasteiger partial charge in [-0.15, -0.1) is 0 Å². The van der Waals surface area contributed by atoms with Crippen molar-refractivity contribution < 1.29 is 9.59 Å². The number of hydrogen-bond acceptors (Lipinski definition) is 5. The van der Waals surface area contributed by atoms with E-state index in [1.807, 2.05) is 20.8 Å². The molecular weight excluding hydrogens is 446 g/mol. The Balaban J connectivity index is 1.95. The first-order valence-corrected chi connectivity index (χ1v) is 11.9. The molecule has 0 radical (unpaired) electrons. The maximum Gasteiger partial charge on any atom is 0.262 e. The Bertz CT molecular complexity index is 1190. The molecule has 1 heterocycles. The molecule has 0 spiro atoms. The van der Waals surface area contributed by atoms with Crippen LogP contribution in [-0.2, 0) is 6.54 Å². The average molecular weight is 472 g/mol. The van der Waals surface area contributed by atoms with Gasteiger partial charge in [0.25, 0.3) is 11.5 Å². The van der Waals surface area contributed by atoms with E-state index in [1.54, 1.807) is 47.0 Å². The molecule has 6 nitrogen and oxygen atoms in total. The summed E-state index contributed by atoms with van der Waals surface area (Å²) in [6.07, 6.45) is 0.833. The molecule has 0 aliphatic carbocycles. The minimum atomic E-state index is -0.200. The van der Waals surface area contributed by atoms with Crippen molar-refractivity contribution in [2.75, 3.05) is 12.3 Å². The molecule has 0 aliphatic heterocycles. The van der Waals surface area contributed by atoms with Crippen LogP contribution in [0.3, 0.4) is 0 Å². The summed E-state index contributed by atoms with van der Waals surface area (Å²) < 4.78 is 1.61. The van der Waals surface area contributed by atoms with E-state index in [4.69, 9.17) is 11.6 Å². The summed E-state index contributed by atoms with van der Waals surface area (Å²) in [4.78, 5) is 42.8. The number of benzene rings is 2. The van der Waals surface area contributed by atoms with Gasteiger partial charge >= 0.3 is 0 Å². The Morgan fingerprint density at radius 1 is 1.12 bits per heavy atom. The Kier molecular flexibility index (Phi) is 8.10. The number of amides is 1. The second-order valence-electron chi connectivity index (χ2n) is 7.91. The molecule has 168 valence electrons. The molecule has 0 saturated heterocycles. The summed E-state index contributed by atoms with van der Waals surface area (Å²) in [5.41, 5.74) is 1.27. The lowest BCUT2D eigenvalue weighted by atomic mass is 10.1. The van der Waals surface area contributed by atoms with Crippen molar-refractivity contribution in [1.29, 1.82) is 0 Å². The highest BCUT2D eigenvalue weighted by atomic mass is 35.5. The molecule has 1 amide bonds. The molecule has 0 aliphatic rings. The zero-order valence-electron chi connectivity index (χ0n) is 18.4. The number of fused-ring (bicyclic) bond motifs is 1. The number of ketones is 1. The van der Waals surface area contributed by atoms with Gasteiger partial charge in [0, 0.05) is 29.2 Å². The van der Waals surface area contributed by atoms with Crippen LogP contribution in [0.2, 0.25) is 5.02 Å². The summed E-state index contributed by atoms with van der Waals surface area (Å²) in [7, 11) is 0. The Hall–Kier alpha value is -2.64. The van der Waals surface area contributed by atoms with E-state index >= 15 is 0 Å². The normalized spacial score (nSPS) is 11.2. The average Bonchev–Trinajstić information content (AvgIpc) is 2.77. The van der Waals surface area contributed by atoms with Crippen LogP contribution in [0.1, 0.15) is 47.9 Å². The van der Waals surface area contributed by atoms with Gasteiger partial charge in [-0.05, 0) is 54.8 Å². The van der Waals surface area contributed by atoms with Crippen molar-refractivity contribution in [2.24, 2.45) is 5.92 Å². The molecule has 0 fully saturated rings. The van der Waals surface area contributed by atoms with Gasteiger partial charge in [0.1, 0.15) is 0 Å². The first-order chi connectivity index (χ1) is 15.3. The molecule has 3 aromatic rings. The van der Waals surface area contributed by atoms with Crippen LogP contribution in [-0.4, -0.2) is 33.5 Å². The van der Waals surface area contributed by atoms with Gasteiger partial charge in [0.15, 0.2) is 10.9 Å². The van der Waals surface area contributed by atoms with Gasteiger partial charge in [-0.25, -0.2) is 4.98 Å². The van der Waals surface area contributed by atoms with Crippen molar-refractivity contribution in [3.8, 4) is 0 Å². The van der Waals surface area contributed by atoms with E-state index in [0.717, 1.165) is 6.42 Å². The number of halogens is 1. The Morgan fingerprint density at radius 3 is 2.47 bits per heavy atom. The number of carbonyl (C=O) groups is 2. The first-order valence-electron chi connectivity index (χ1n) is 10.5. The third-order valence-corrected chi connectivity index (χ3v) is 5.99. The fourth-order valence-corrected chi connectivity index (χ4v) is 4.20. The van der Waals surface area contributed by atoms with Crippen LogP contribution in [0, 0.1) is 5.92 Å². The largest absolute Gasteiger partial charge is 0.352 e. The Labute approximate surface area is 196 Å². The molecule has 0 unspecified atom stereocenters. The lowest BCUT2D eigenvalue weighted by Crippen LogP contribution is -2.27. The van der Waals surface area contributed by atoms with Gasteiger partial charge in [-0.1, -0.05) is 44.1 Å². The van der Waals surface area contributed by atoms with Crippen LogP contribution >= 0.6 is 23.4 Å². The van der Waals surface area contributed by atoms with Gasteiger partial charge in [0.05, 0.1) is 16.7 Å². The summed E-state index contributed by atoms with van der Waals surface area (Å²) >= 11 is 7.12. The number of nitrogens with zero attached hydrogens (tertiary/aromatic N) is 2. The Morgan fingerprint density at radius 2 is 1.81 bits per heavy atom. The standard InChI is InChI=1S/C24H26ClN3O3S/c1-4-11-26-22(30)17-7-10-19-20(12-17)27-24(28(23(19)31)13-15(2)3)32-14-21(29)16-5-8-18(25)9-6-16/h5-10,12,15H,4,11,13-14H2,1-3H3,(H,26,30). The molecule has 8 heteroatoms. The van der Waals surface area contributed by atoms with Crippen LogP contribution < -0.4 is 10.9 Å². The van der Waals surface area contributed by atoms with Crippen molar-refractivity contribution in [2.45, 2.75) is 38.9 Å². The topological polar surface area (TPSA) is 81.1 Å². The summed E-state index contributed by atoms with van der Waals surface area (Å²) in [5, 5.41) is 4.31. The van der Waals surface area contributed by atoms with Crippen molar-refractivity contribution >= 4 is 46.0 Å². The number of nitrogens with one attached hydrogen (secondary N) is 1. The number of hydrogen-bond donors (Lipinski definition) is 1. The monoisotopic (exact) mass is 471 g/mol. The smallest absolute Gasteiger partial charge is 0.262 e. The summed E-state index contributed by atoms with van der Waals surface area (Å²) in [6.45, 7) is 7.08. The zero-order valence-corrected chi connectivity index (χ0v) is 19.9. The molecule has 3 rings (SSSR count).